The Labute approximate surface area is 160 Å². The van der Waals surface area contributed by atoms with Gasteiger partial charge in [-0.3, -0.25) is 0 Å². The van der Waals surface area contributed by atoms with E-state index in [-0.39, 0.29) is 24.0 Å². The number of carbonyl (C=O) groups excluding carboxylic acids is 1. The molecule has 1 saturated heterocycles. The van der Waals surface area contributed by atoms with Gasteiger partial charge in [0.25, 0.3) is 0 Å². The average Bonchev–Trinajstić information content (AvgIpc) is 3.03. The number of ether oxygens (including phenoxy) is 1. The van der Waals surface area contributed by atoms with Gasteiger partial charge in [0.05, 0.1) is 19.2 Å². The second-order valence-corrected chi connectivity index (χ2v) is 7.66. The van der Waals surface area contributed by atoms with Crippen LogP contribution in [-0.2, 0) is 11.2 Å². The van der Waals surface area contributed by atoms with Crippen LogP contribution < -0.4 is 5.32 Å². The van der Waals surface area contributed by atoms with Crippen LogP contribution in [0.3, 0.4) is 0 Å². The molecule has 2 unspecified atom stereocenters. The Bertz CT molecular complexity index is 829. The van der Waals surface area contributed by atoms with Crippen molar-refractivity contribution in [1.82, 2.24) is 10.2 Å². The number of rotatable bonds is 2. The predicted octanol–water partition coefficient (Wildman–Crippen LogP) is 4.36. The molecule has 1 fully saturated rings. The van der Waals surface area contributed by atoms with Gasteiger partial charge in [0.1, 0.15) is 11.9 Å². The van der Waals surface area contributed by atoms with Gasteiger partial charge in [-0.15, -0.1) is 0 Å². The Kier molecular flexibility index (Phi) is 4.96. The minimum Gasteiger partial charge on any atom is -0.370 e. The monoisotopic (exact) mass is 418 g/mol. The summed E-state index contributed by atoms with van der Waals surface area (Å²) in [5, 5.41) is 3.15. The molecule has 4 nitrogen and oxygen atoms in total. The van der Waals surface area contributed by atoms with Crippen LogP contribution in [0.2, 0.25) is 0 Å². The number of hydrogen-bond donors (Lipinski definition) is 1. The molecule has 0 spiro atoms. The molecule has 2 amide bonds. The number of fused-ring (bicyclic) bond motifs is 1. The summed E-state index contributed by atoms with van der Waals surface area (Å²) >= 11 is 3.50. The van der Waals surface area contributed by atoms with E-state index < -0.39 is 0 Å². The van der Waals surface area contributed by atoms with E-state index in [0.717, 1.165) is 22.9 Å². The summed E-state index contributed by atoms with van der Waals surface area (Å²) in [4.78, 5) is 14.5. The average molecular weight is 419 g/mol. The van der Waals surface area contributed by atoms with E-state index in [2.05, 4.69) is 33.4 Å². The lowest BCUT2D eigenvalue weighted by atomic mass is 10.1. The first-order valence-electron chi connectivity index (χ1n) is 8.81. The van der Waals surface area contributed by atoms with E-state index in [1.165, 1.54) is 23.3 Å². The second-order valence-electron chi connectivity index (χ2n) is 6.74. The highest BCUT2D eigenvalue weighted by atomic mass is 79.9. The van der Waals surface area contributed by atoms with Crippen molar-refractivity contribution in [3.05, 3.63) is 69.4 Å². The predicted molar refractivity (Wildman–Crippen MR) is 100 cm³/mol. The minimum atomic E-state index is -0.294. The standard InChI is InChI=1S/C20H20BrFN2O2/c21-15-5-6-17-13(10-15)4-7-18(17)23-20(25)24-8-9-26-19(12-24)14-2-1-3-16(22)11-14/h1-3,5-6,10-11,18-19H,4,7-9,12H2,(H,23,25). The van der Waals surface area contributed by atoms with Crippen LogP contribution in [0.1, 0.15) is 35.3 Å². The van der Waals surface area contributed by atoms with Gasteiger partial charge in [-0.25, -0.2) is 9.18 Å². The number of amides is 2. The van der Waals surface area contributed by atoms with Gasteiger partial charge in [-0.2, -0.15) is 0 Å². The topological polar surface area (TPSA) is 41.6 Å². The summed E-state index contributed by atoms with van der Waals surface area (Å²) in [6.07, 6.45) is 1.58. The number of nitrogens with one attached hydrogen (secondary N) is 1. The minimum absolute atomic E-state index is 0.0427. The number of aryl methyl sites for hydroxylation is 1. The Morgan fingerprint density at radius 2 is 2.15 bits per heavy atom. The third kappa shape index (κ3) is 3.62. The molecule has 1 aliphatic carbocycles. The fraction of sp³-hybridized carbons (Fsp3) is 0.350. The van der Waals surface area contributed by atoms with Crippen molar-refractivity contribution in [2.24, 2.45) is 0 Å². The van der Waals surface area contributed by atoms with E-state index in [9.17, 15) is 9.18 Å². The molecule has 26 heavy (non-hydrogen) atoms. The van der Waals surface area contributed by atoms with Crippen molar-refractivity contribution in [3.63, 3.8) is 0 Å². The van der Waals surface area contributed by atoms with E-state index in [4.69, 9.17) is 4.74 Å². The fourth-order valence-electron chi connectivity index (χ4n) is 3.72. The van der Waals surface area contributed by atoms with Crippen molar-refractivity contribution in [3.8, 4) is 0 Å². The van der Waals surface area contributed by atoms with Crippen molar-refractivity contribution in [2.75, 3.05) is 19.7 Å². The first-order valence-corrected chi connectivity index (χ1v) is 9.60. The van der Waals surface area contributed by atoms with Crippen LogP contribution in [-0.4, -0.2) is 30.6 Å². The molecule has 1 heterocycles. The second kappa shape index (κ2) is 7.37. The molecule has 2 atom stereocenters. The lowest BCUT2D eigenvalue weighted by Gasteiger charge is -2.34. The van der Waals surface area contributed by atoms with Gasteiger partial charge in [-0.05, 0) is 53.8 Å². The van der Waals surface area contributed by atoms with Gasteiger partial charge < -0.3 is 15.0 Å². The molecule has 1 N–H and O–H groups in total. The highest BCUT2D eigenvalue weighted by Crippen LogP contribution is 2.33. The van der Waals surface area contributed by atoms with Crippen molar-refractivity contribution >= 4 is 22.0 Å². The number of urea groups is 1. The number of carbonyl (C=O) groups is 1. The molecule has 0 bridgehead atoms. The first-order chi connectivity index (χ1) is 12.6. The van der Waals surface area contributed by atoms with Gasteiger partial charge >= 0.3 is 6.03 Å². The first kappa shape index (κ1) is 17.5. The smallest absolute Gasteiger partial charge is 0.318 e. The molecule has 2 aromatic carbocycles. The third-order valence-electron chi connectivity index (χ3n) is 5.05. The van der Waals surface area contributed by atoms with Crippen LogP contribution in [0.4, 0.5) is 9.18 Å². The van der Waals surface area contributed by atoms with Crippen molar-refractivity contribution in [2.45, 2.75) is 25.0 Å². The number of benzene rings is 2. The van der Waals surface area contributed by atoms with Gasteiger partial charge in [0.2, 0.25) is 0 Å². The van der Waals surface area contributed by atoms with Crippen LogP contribution >= 0.6 is 15.9 Å². The maximum Gasteiger partial charge on any atom is 0.318 e. The van der Waals surface area contributed by atoms with Crippen molar-refractivity contribution < 1.29 is 13.9 Å². The van der Waals surface area contributed by atoms with Gasteiger partial charge in [0, 0.05) is 11.0 Å². The van der Waals surface area contributed by atoms with Crippen LogP contribution in [0.5, 0.6) is 0 Å². The third-order valence-corrected chi connectivity index (χ3v) is 5.55. The number of halogens is 2. The fourth-order valence-corrected chi connectivity index (χ4v) is 4.13. The summed E-state index contributed by atoms with van der Waals surface area (Å²) in [6, 6.07) is 12.5. The van der Waals surface area contributed by atoms with E-state index >= 15 is 0 Å². The summed E-state index contributed by atoms with van der Waals surface area (Å²) in [6.45, 7) is 1.41. The van der Waals surface area contributed by atoms with Crippen molar-refractivity contribution in [1.29, 1.82) is 0 Å². The Hall–Kier alpha value is -1.92. The molecular weight excluding hydrogens is 399 g/mol. The molecular formula is C20H20BrFN2O2. The van der Waals surface area contributed by atoms with E-state index in [1.54, 1.807) is 11.0 Å². The summed E-state index contributed by atoms with van der Waals surface area (Å²) in [5.41, 5.74) is 3.24. The Morgan fingerprint density at radius 1 is 1.27 bits per heavy atom. The normalized spacial score (nSPS) is 22.2. The molecule has 2 aliphatic rings. The Balaban J connectivity index is 1.43. The summed E-state index contributed by atoms with van der Waals surface area (Å²) < 4.78 is 20.3. The SMILES string of the molecule is O=C(NC1CCc2cc(Br)ccc21)N1CCOC(c2cccc(F)c2)C1. The van der Waals surface area contributed by atoms with Crippen LogP contribution in [0, 0.1) is 5.82 Å². The number of hydrogen-bond acceptors (Lipinski definition) is 2. The van der Waals surface area contributed by atoms with Crippen LogP contribution in [0.15, 0.2) is 46.9 Å². The highest BCUT2D eigenvalue weighted by Gasteiger charge is 2.29. The maximum atomic E-state index is 13.5. The largest absolute Gasteiger partial charge is 0.370 e. The molecule has 0 radical (unpaired) electrons. The molecule has 4 rings (SSSR count). The molecule has 1 aliphatic heterocycles. The summed E-state index contributed by atoms with van der Waals surface area (Å²) in [5.74, 6) is -0.290. The lowest BCUT2D eigenvalue weighted by Crippen LogP contribution is -2.47. The van der Waals surface area contributed by atoms with Gasteiger partial charge in [-0.1, -0.05) is 34.1 Å². The Morgan fingerprint density at radius 3 is 3.00 bits per heavy atom. The number of nitrogens with zero attached hydrogens (tertiary/aromatic N) is 1. The van der Waals surface area contributed by atoms with Gasteiger partial charge in [0.15, 0.2) is 0 Å². The lowest BCUT2D eigenvalue weighted by molar-refractivity contribution is -0.0159. The van der Waals surface area contributed by atoms with E-state index in [0.29, 0.717) is 19.7 Å². The van der Waals surface area contributed by atoms with Crippen LogP contribution in [0.25, 0.3) is 0 Å². The highest BCUT2D eigenvalue weighted by molar-refractivity contribution is 9.10. The van der Waals surface area contributed by atoms with E-state index in [1.807, 2.05) is 12.1 Å². The molecule has 136 valence electrons. The molecule has 6 heteroatoms. The molecule has 0 aromatic heterocycles. The zero-order chi connectivity index (χ0) is 18.1. The zero-order valence-corrected chi connectivity index (χ0v) is 15.8. The molecule has 0 saturated carbocycles. The summed E-state index contributed by atoms with van der Waals surface area (Å²) in [7, 11) is 0. The zero-order valence-electron chi connectivity index (χ0n) is 14.3. The number of morpholine rings is 1. The quantitative estimate of drug-likeness (QED) is 0.786. The maximum absolute atomic E-state index is 13.5. The molecule has 2 aromatic rings.